The molecule has 0 spiro atoms. The highest BCUT2D eigenvalue weighted by molar-refractivity contribution is 7.99. The van der Waals surface area contributed by atoms with E-state index in [9.17, 15) is 15.0 Å². The average molecular weight is 835 g/mol. The van der Waals surface area contributed by atoms with Gasteiger partial charge in [-0.1, -0.05) is 69.1 Å². The number of nitrogens with zero attached hydrogens (tertiary/aromatic N) is 2. The Bertz CT molecular complexity index is 1730. The van der Waals surface area contributed by atoms with Crippen molar-refractivity contribution in [1.29, 1.82) is 0 Å². The van der Waals surface area contributed by atoms with Gasteiger partial charge in [-0.25, -0.2) is 4.79 Å². The number of ether oxygens (including phenoxy) is 5. The Morgan fingerprint density at radius 1 is 1.07 bits per heavy atom. The Morgan fingerprint density at radius 2 is 1.85 bits per heavy atom. The molecule has 2 aromatic carbocycles. The summed E-state index contributed by atoms with van der Waals surface area (Å²) in [7, 11) is 1.75. The van der Waals surface area contributed by atoms with Crippen LogP contribution in [-0.4, -0.2) is 97.5 Å². The number of fused-ring (bicyclic) bond motifs is 2. The molecule has 1 amide bonds. The summed E-state index contributed by atoms with van der Waals surface area (Å²) in [5.74, 6) is 0.520. The van der Waals surface area contributed by atoms with Crippen molar-refractivity contribution in [2.75, 3.05) is 52.4 Å². The van der Waals surface area contributed by atoms with Crippen LogP contribution >= 0.6 is 11.8 Å². The minimum absolute atomic E-state index is 0.105. The van der Waals surface area contributed by atoms with E-state index in [1.165, 1.54) is 4.90 Å². The number of oxime groups is 1. The first-order valence-corrected chi connectivity index (χ1v) is 22.6. The zero-order valence-electron chi connectivity index (χ0n) is 35.5. The van der Waals surface area contributed by atoms with E-state index < -0.39 is 30.1 Å². The van der Waals surface area contributed by atoms with Crippen LogP contribution in [0, 0.1) is 23.2 Å². The lowest BCUT2D eigenvalue weighted by molar-refractivity contribution is -0.254. The molecule has 4 aliphatic rings. The Morgan fingerprint density at radius 3 is 2.56 bits per heavy atom. The summed E-state index contributed by atoms with van der Waals surface area (Å²) in [4.78, 5) is 23.1. The standard InChI is InChI=1S/C47H66N2O9S/c1-6-25-56-47-41(49(5)45(52)55-32-46(2,3)4)31-39(48-58-42-20-12-15-26-54-42)37-29-33(16-10-13-23-50)36(19-11-14-24-51)43(44(37)47)38-30-34(21-22-40(38)57-47)53-27-28-59-35-17-8-7-9-18-35/h6-9,17-18,21-22,29-30,33,36,41-44,50-51H,1,10-16,19-20,23-28,31-32H2,2-5H3/t33-,36+,41-,42?,43+,44+,47+/m0/s1. The predicted molar refractivity (Wildman–Crippen MR) is 231 cm³/mol. The molecule has 59 heavy (non-hydrogen) atoms. The second-order valence-corrected chi connectivity index (χ2v) is 18.6. The third kappa shape index (κ3) is 11.2. The monoisotopic (exact) mass is 834 g/mol. The van der Waals surface area contributed by atoms with Crippen molar-refractivity contribution in [3.63, 3.8) is 0 Å². The van der Waals surface area contributed by atoms with E-state index in [1.54, 1.807) is 29.8 Å². The van der Waals surface area contributed by atoms with Gasteiger partial charge in [0.05, 0.1) is 38.1 Å². The Labute approximate surface area is 355 Å². The number of rotatable bonds is 20. The molecule has 1 saturated carbocycles. The Kier molecular flexibility index (Phi) is 16.2. The fourth-order valence-electron chi connectivity index (χ4n) is 9.08. The van der Waals surface area contributed by atoms with Crippen molar-refractivity contribution in [2.24, 2.45) is 28.3 Å². The second kappa shape index (κ2) is 21.3. The van der Waals surface area contributed by atoms with Gasteiger partial charge in [0.25, 0.3) is 0 Å². The fraction of sp³-hybridized carbons (Fsp3) is 0.617. The van der Waals surface area contributed by atoms with Gasteiger partial charge in [-0.3, -0.25) is 0 Å². The molecule has 12 heteroatoms. The first kappa shape index (κ1) is 45.0. The average Bonchev–Trinajstić information content (AvgIpc) is 3.24. The quantitative estimate of drug-likeness (QED) is 0.0577. The third-order valence-corrected chi connectivity index (χ3v) is 12.8. The lowest BCUT2D eigenvalue weighted by Gasteiger charge is -2.59. The fourth-order valence-corrected chi connectivity index (χ4v) is 9.83. The van der Waals surface area contributed by atoms with Crippen LogP contribution in [-0.2, 0) is 19.0 Å². The summed E-state index contributed by atoms with van der Waals surface area (Å²) in [5.41, 5.74) is 2.48. The molecule has 2 aliphatic carbocycles. The molecule has 2 fully saturated rings. The van der Waals surface area contributed by atoms with Gasteiger partial charge in [0.2, 0.25) is 12.1 Å². The Balaban J connectivity index is 1.47. The molecular formula is C47H66N2O9S. The number of benzene rings is 2. The summed E-state index contributed by atoms with van der Waals surface area (Å²) in [6, 6.07) is 15.7. The number of hydrogen-bond acceptors (Lipinski definition) is 11. The highest BCUT2D eigenvalue weighted by atomic mass is 32.2. The third-order valence-electron chi connectivity index (χ3n) is 11.8. The number of amides is 1. The van der Waals surface area contributed by atoms with Crippen LogP contribution in [0.15, 0.2) is 82.9 Å². The van der Waals surface area contributed by atoms with E-state index in [1.807, 2.05) is 51.1 Å². The lowest BCUT2D eigenvalue weighted by atomic mass is 9.55. The van der Waals surface area contributed by atoms with E-state index in [-0.39, 0.29) is 56.0 Å². The molecule has 2 N–H and O–H groups in total. The highest BCUT2D eigenvalue weighted by Gasteiger charge is 2.65. The van der Waals surface area contributed by atoms with Gasteiger partial charge in [0, 0.05) is 55.2 Å². The van der Waals surface area contributed by atoms with Gasteiger partial charge in [-0.15, -0.1) is 18.3 Å². The van der Waals surface area contributed by atoms with Crippen molar-refractivity contribution in [1.82, 2.24) is 4.90 Å². The van der Waals surface area contributed by atoms with E-state index >= 15 is 0 Å². The second-order valence-electron chi connectivity index (χ2n) is 17.4. The summed E-state index contributed by atoms with van der Waals surface area (Å²) in [6.45, 7) is 11.9. The number of hydrogen-bond donors (Lipinski definition) is 2. The molecule has 6 rings (SSSR count). The Hall–Kier alpha value is -3.55. The normalized spacial score (nSPS) is 26.8. The smallest absolute Gasteiger partial charge is 0.410 e. The molecule has 324 valence electrons. The molecule has 1 saturated heterocycles. The number of allylic oxidation sites excluding steroid dienone is 1. The lowest BCUT2D eigenvalue weighted by Crippen LogP contribution is -2.69. The maximum absolute atomic E-state index is 14.1. The molecule has 11 nitrogen and oxygen atoms in total. The van der Waals surface area contributed by atoms with Gasteiger partial charge in [0.1, 0.15) is 17.5 Å². The number of unbranched alkanes of at least 4 members (excludes halogenated alkanes) is 2. The van der Waals surface area contributed by atoms with E-state index in [2.05, 4.69) is 30.9 Å². The van der Waals surface area contributed by atoms with Crippen molar-refractivity contribution in [3.05, 3.63) is 78.4 Å². The highest BCUT2D eigenvalue weighted by Crippen LogP contribution is 2.62. The number of aliphatic hydroxyl groups is 2. The molecule has 2 aliphatic heterocycles. The summed E-state index contributed by atoms with van der Waals surface area (Å²) in [5, 5.41) is 24.7. The summed E-state index contributed by atoms with van der Waals surface area (Å²) >= 11 is 1.75. The van der Waals surface area contributed by atoms with Crippen LogP contribution in [0.25, 0.3) is 0 Å². The maximum atomic E-state index is 14.1. The van der Waals surface area contributed by atoms with Crippen molar-refractivity contribution in [2.45, 2.75) is 114 Å². The van der Waals surface area contributed by atoms with Crippen molar-refractivity contribution in [3.8, 4) is 11.5 Å². The summed E-state index contributed by atoms with van der Waals surface area (Å²) < 4.78 is 32.6. The van der Waals surface area contributed by atoms with Gasteiger partial charge >= 0.3 is 6.09 Å². The maximum Gasteiger partial charge on any atom is 0.410 e. The molecule has 7 atom stereocenters. The molecule has 1 unspecified atom stereocenters. The van der Waals surface area contributed by atoms with Crippen LogP contribution < -0.4 is 9.47 Å². The van der Waals surface area contributed by atoms with Crippen LogP contribution in [0.3, 0.4) is 0 Å². The van der Waals surface area contributed by atoms with Crippen molar-refractivity contribution < 1.29 is 43.5 Å². The molecule has 2 heterocycles. The first-order valence-electron chi connectivity index (χ1n) is 21.6. The van der Waals surface area contributed by atoms with E-state index in [0.29, 0.717) is 31.8 Å². The van der Waals surface area contributed by atoms with Crippen LogP contribution in [0.1, 0.15) is 96.5 Å². The number of thioether (sulfide) groups is 1. The van der Waals surface area contributed by atoms with Crippen molar-refractivity contribution >= 4 is 23.6 Å². The van der Waals surface area contributed by atoms with Gasteiger partial charge in [-0.05, 0) is 91.7 Å². The minimum Gasteiger partial charge on any atom is -0.493 e. The van der Waals surface area contributed by atoms with Crippen LogP contribution in [0.5, 0.6) is 11.5 Å². The SMILES string of the molecule is C=CCO[C@@]12Oc3ccc(OCCSc4ccccc4)cc3[C@H]3[C@H](CCCCO)[C@@H](CCCCO)C=C(C(=NOC4CCCCO4)C[C@@H]1N(C)C(=O)OCC(C)(C)C)[C@H]32. The van der Waals surface area contributed by atoms with Gasteiger partial charge in [0.15, 0.2) is 0 Å². The van der Waals surface area contributed by atoms with Crippen LogP contribution in [0.4, 0.5) is 4.79 Å². The van der Waals surface area contributed by atoms with E-state index in [0.717, 1.165) is 73.3 Å². The van der Waals surface area contributed by atoms with E-state index in [4.69, 9.17) is 33.7 Å². The van der Waals surface area contributed by atoms with Crippen LogP contribution in [0.2, 0.25) is 0 Å². The zero-order chi connectivity index (χ0) is 41.8. The number of aliphatic hydroxyl groups excluding tert-OH is 2. The molecule has 0 bridgehead atoms. The van der Waals surface area contributed by atoms with Gasteiger partial charge < -0.3 is 43.6 Å². The number of carbonyl (C=O) groups is 1. The molecule has 0 radical (unpaired) electrons. The topological polar surface area (TPSA) is 129 Å². The van der Waals surface area contributed by atoms with Gasteiger partial charge in [-0.2, -0.15) is 0 Å². The molecule has 0 aromatic heterocycles. The minimum atomic E-state index is -1.35. The first-order chi connectivity index (χ1) is 28.6. The number of carbonyl (C=O) groups excluding carboxylic acids is 1. The summed E-state index contributed by atoms with van der Waals surface area (Å²) in [6.07, 6.45) is 10.9. The largest absolute Gasteiger partial charge is 0.493 e. The number of likely N-dealkylation sites (N-methyl/N-ethyl adjacent to an activating group) is 1. The molecule has 2 aromatic rings. The zero-order valence-corrected chi connectivity index (χ0v) is 36.3. The molecular weight excluding hydrogens is 769 g/mol. The predicted octanol–water partition coefficient (Wildman–Crippen LogP) is 9.13.